The molecule has 3 heterocycles. The summed E-state index contributed by atoms with van der Waals surface area (Å²) in [5.74, 6) is 1.85. The van der Waals surface area contributed by atoms with Gasteiger partial charge in [0.1, 0.15) is 5.82 Å². The predicted octanol–water partition coefficient (Wildman–Crippen LogP) is 2.24. The fourth-order valence-electron chi connectivity index (χ4n) is 3.78. The lowest BCUT2D eigenvalue weighted by Crippen LogP contribution is -2.53. The van der Waals surface area contributed by atoms with Crippen molar-refractivity contribution < 1.29 is 4.79 Å². The molecule has 0 aromatic carbocycles. The van der Waals surface area contributed by atoms with Gasteiger partial charge in [-0.05, 0) is 31.2 Å². The third-order valence-corrected chi connectivity index (χ3v) is 4.73. The van der Waals surface area contributed by atoms with Gasteiger partial charge < -0.3 is 9.88 Å². The average Bonchev–Trinajstić information content (AvgIpc) is 3.09. The summed E-state index contributed by atoms with van der Waals surface area (Å²) in [6, 6.07) is 0.0797. The van der Waals surface area contributed by atoms with Crippen molar-refractivity contribution in [3.63, 3.8) is 0 Å². The Labute approximate surface area is 133 Å². The van der Waals surface area contributed by atoms with Crippen molar-refractivity contribution in [2.45, 2.75) is 52.0 Å². The van der Waals surface area contributed by atoms with E-state index in [1.54, 1.807) is 0 Å². The minimum Gasteiger partial charge on any atom is -0.348 e. The molecule has 1 amide bonds. The van der Waals surface area contributed by atoms with Crippen LogP contribution >= 0.6 is 0 Å². The van der Waals surface area contributed by atoms with Crippen LogP contribution in [0.2, 0.25) is 0 Å². The second-order valence-corrected chi connectivity index (χ2v) is 7.93. The summed E-state index contributed by atoms with van der Waals surface area (Å²) in [6.45, 7) is 10.3. The van der Waals surface area contributed by atoms with E-state index in [-0.39, 0.29) is 11.5 Å². The molecule has 0 spiro atoms. The molecule has 0 aliphatic carbocycles. The summed E-state index contributed by atoms with van der Waals surface area (Å²) in [4.78, 5) is 24.9. The second kappa shape index (κ2) is 6.03. The number of nitrogens with zero attached hydrogens (tertiary/aromatic N) is 3. The summed E-state index contributed by atoms with van der Waals surface area (Å²) < 4.78 is 0. The molecule has 2 aliphatic heterocycles. The monoisotopic (exact) mass is 304 g/mol. The van der Waals surface area contributed by atoms with Gasteiger partial charge in [0.2, 0.25) is 5.91 Å². The minimum atomic E-state index is 0.0797. The zero-order valence-electron chi connectivity index (χ0n) is 14.0. The Bertz CT molecular complexity index is 505. The first-order valence-electron chi connectivity index (χ1n) is 8.46. The number of nitrogens with one attached hydrogen (secondary N) is 1. The highest BCUT2D eigenvalue weighted by atomic mass is 16.2. The van der Waals surface area contributed by atoms with Crippen LogP contribution in [0, 0.1) is 5.41 Å². The van der Waals surface area contributed by atoms with Crippen LogP contribution in [0.25, 0.3) is 0 Å². The molecule has 1 aromatic heterocycles. The number of H-pyrrole nitrogens is 1. The quantitative estimate of drug-likeness (QED) is 0.932. The number of hydrogen-bond acceptors (Lipinski definition) is 3. The van der Waals surface area contributed by atoms with Crippen LogP contribution in [0.15, 0.2) is 12.4 Å². The Morgan fingerprint density at radius 2 is 2.14 bits per heavy atom. The molecule has 1 aromatic rings. The van der Waals surface area contributed by atoms with Gasteiger partial charge in [-0.25, -0.2) is 4.98 Å². The number of carbonyl (C=O) groups excluding carboxylic acids is 1. The molecule has 2 fully saturated rings. The van der Waals surface area contributed by atoms with Gasteiger partial charge >= 0.3 is 0 Å². The Morgan fingerprint density at radius 1 is 1.32 bits per heavy atom. The van der Waals surface area contributed by atoms with Gasteiger partial charge in [-0.3, -0.25) is 9.69 Å². The molecule has 2 aliphatic rings. The number of amides is 1. The van der Waals surface area contributed by atoms with E-state index in [4.69, 9.17) is 0 Å². The Kier molecular flexibility index (Phi) is 4.26. The highest BCUT2D eigenvalue weighted by Crippen LogP contribution is 2.30. The Hall–Kier alpha value is -1.36. The number of aromatic amines is 1. The van der Waals surface area contributed by atoms with Crippen molar-refractivity contribution in [1.29, 1.82) is 0 Å². The average molecular weight is 304 g/mol. The smallest absolute Gasteiger partial charge is 0.239 e. The molecule has 3 rings (SSSR count). The molecule has 0 saturated carbocycles. The van der Waals surface area contributed by atoms with Crippen LogP contribution in [0.3, 0.4) is 0 Å². The van der Waals surface area contributed by atoms with Crippen LogP contribution < -0.4 is 0 Å². The van der Waals surface area contributed by atoms with Crippen LogP contribution in [-0.2, 0) is 4.79 Å². The van der Waals surface area contributed by atoms with E-state index in [0.717, 1.165) is 51.3 Å². The van der Waals surface area contributed by atoms with Gasteiger partial charge in [-0.2, -0.15) is 0 Å². The van der Waals surface area contributed by atoms with Gasteiger partial charge in [0.05, 0.1) is 6.04 Å². The molecule has 2 saturated heterocycles. The number of rotatable bonds is 3. The van der Waals surface area contributed by atoms with E-state index in [9.17, 15) is 4.79 Å². The van der Waals surface area contributed by atoms with E-state index < -0.39 is 0 Å². The van der Waals surface area contributed by atoms with Gasteiger partial charge in [-0.15, -0.1) is 0 Å². The number of hydrogen-bond donors (Lipinski definition) is 1. The third kappa shape index (κ3) is 3.35. The number of likely N-dealkylation sites (tertiary alicyclic amines) is 2. The van der Waals surface area contributed by atoms with Crippen molar-refractivity contribution >= 4 is 5.91 Å². The van der Waals surface area contributed by atoms with E-state index in [1.807, 2.05) is 12.4 Å². The van der Waals surface area contributed by atoms with Crippen molar-refractivity contribution in [2.75, 3.05) is 26.2 Å². The van der Waals surface area contributed by atoms with E-state index in [1.165, 1.54) is 0 Å². The Morgan fingerprint density at radius 3 is 2.82 bits per heavy atom. The van der Waals surface area contributed by atoms with E-state index >= 15 is 0 Å². The lowest BCUT2D eigenvalue weighted by molar-refractivity contribution is -0.141. The molecular formula is C17H28N4O. The maximum absolute atomic E-state index is 12.8. The SMILES string of the molecule is CC(C)(C)CN1CCC[C@@H](N2CC[C@H](c3ncc[nH]3)C2)C1=O. The molecule has 5 nitrogen and oxygen atoms in total. The largest absolute Gasteiger partial charge is 0.348 e. The molecule has 5 heteroatoms. The highest BCUT2D eigenvalue weighted by Gasteiger charge is 2.38. The molecule has 22 heavy (non-hydrogen) atoms. The van der Waals surface area contributed by atoms with Crippen molar-refractivity contribution in [3.8, 4) is 0 Å². The predicted molar refractivity (Wildman–Crippen MR) is 86.6 cm³/mol. The molecule has 0 unspecified atom stereocenters. The number of imidazole rings is 1. The first-order valence-corrected chi connectivity index (χ1v) is 8.46. The van der Waals surface area contributed by atoms with Gasteiger partial charge in [-0.1, -0.05) is 20.8 Å². The number of carbonyl (C=O) groups is 1. The summed E-state index contributed by atoms with van der Waals surface area (Å²) in [5.41, 5.74) is 0.166. The van der Waals surface area contributed by atoms with Crippen LogP contribution in [0.4, 0.5) is 0 Å². The topological polar surface area (TPSA) is 52.2 Å². The normalized spacial score (nSPS) is 27.6. The number of piperidine rings is 1. The van der Waals surface area contributed by atoms with Crippen LogP contribution in [0.1, 0.15) is 51.8 Å². The van der Waals surface area contributed by atoms with Gasteiger partial charge in [0.15, 0.2) is 0 Å². The minimum absolute atomic E-state index is 0.0797. The molecule has 1 N–H and O–H groups in total. The maximum Gasteiger partial charge on any atom is 0.239 e. The summed E-state index contributed by atoms with van der Waals surface area (Å²) >= 11 is 0. The fraction of sp³-hybridized carbons (Fsp3) is 0.765. The molecule has 2 atom stereocenters. The van der Waals surface area contributed by atoms with Crippen molar-refractivity contribution in [2.24, 2.45) is 5.41 Å². The summed E-state index contributed by atoms with van der Waals surface area (Å²) in [5, 5.41) is 0. The maximum atomic E-state index is 12.8. The van der Waals surface area contributed by atoms with Crippen molar-refractivity contribution in [1.82, 2.24) is 19.8 Å². The molecular weight excluding hydrogens is 276 g/mol. The first-order chi connectivity index (χ1) is 10.4. The fourth-order valence-corrected chi connectivity index (χ4v) is 3.78. The standard InChI is InChI=1S/C17H28N4O/c1-17(2,3)12-21-9-4-5-14(16(21)22)20-10-6-13(11-20)15-18-7-8-19-15/h7-8,13-14H,4-6,9-12H2,1-3H3,(H,18,19)/t13-,14+/m0/s1. The molecule has 0 radical (unpaired) electrons. The lowest BCUT2D eigenvalue weighted by atomic mass is 9.93. The van der Waals surface area contributed by atoms with Crippen LogP contribution in [-0.4, -0.2) is 57.9 Å². The van der Waals surface area contributed by atoms with E-state index in [2.05, 4.69) is 40.5 Å². The van der Waals surface area contributed by atoms with Crippen molar-refractivity contribution in [3.05, 3.63) is 18.2 Å². The van der Waals surface area contributed by atoms with Gasteiger partial charge in [0, 0.05) is 37.9 Å². The summed E-state index contributed by atoms with van der Waals surface area (Å²) in [6.07, 6.45) is 6.92. The lowest BCUT2D eigenvalue weighted by Gasteiger charge is -2.39. The Balaban J connectivity index is 1.63. The first kappa shape index (κ1) is 15.5. The number of aromatic nitrogens is 2. The van der Waals surface area contributed by atoms with Gasteiger partial charge in [0.25, 0.3) is 0 Å². The second-order valence-electron chi connectivity index (χ2n) is 7.93. The highest BCUT2D eigenvalue weighted by molar-refractivity contribution is 5.82. The zero-order valence-corrected chi connectivity index (χ0v) is 14.0. The van der Waals surface area contributed by atoms with Crippen LogP contribution in [0.5, 0.6) is 0 Å². The molecule has 0 bridgehead atoms. The zero-order chi connectivity index (χ0) is 15.7. The summed E-state index contributed by atoms with van der Waals surface area (Å²) in [7, 11) is 0. The third-order valence-electron chi connectivity index (χ3n) is 4.73. The molecule has 122 valence electrons. The van der Waals surface area contributed by atoms with E-state index in [0.29, 0.717) is 11.8 Å².